The van der Waals surface area contributed by atoms with Crippen molar-refractivity contribution in [3.05, 3.63) is 23.8 Å². The van der Waals surface area contributed by atoms with Gasteiger partial charge < -0.3 is 10.8 Å². The van der Waals surface area contributed by atoms with Gasteiger partial charge in [0.15, 0.2) is 0 Å². The molecule has 0 aliphatic carbocycles. The molecule has 0 aromatic heterocycles. The zero-order chi connectivity index (χ0) is 7.56. The molecule has 0 aliphatic rings. The van der Waals surface area contributed by atoms with Crippen LogP contribution in [0.4, 0.5) is 5.69 Å². The third-order valence-corrected chi connectivity index (χ3v) is 1.46. The van der Waals surface area contributed by atoms with Gasteiger partial charge in [-0.15, -0.1) is 11.6 Å². The lowest BCUT2D eigenvalue weighted by molar-refractivity contribution is 0.475. The van der Waals surface area contributed by atoms with Crippen LogP contribution >= 0.6 is 11.6 Å². The van der Waals surface area contributed by atoms with Crippen LogP contribution in [-0.4, -0.2) is 5.11 Å². The molecule has 0 spiro atoms. The maximum Gasteiger partial charge on any atom is 0.117 e. The number of halogens is 1. The minimum absolute atomic E-state index is 0.163. The summed E-state index contributed by atoms with van der Waals surface area (Å²) in [4.78, 5) is 0. The van der Waals surface area contributed by atoms with E-state index in [9.17, 15) is 0 Å². The van der Waals surface area contributed by atoms with Crippen molar-refractivity contribution in [1.29, 1.82) is 0 Å². The standard InChI is InChI=1S/C7H8ClNO/c8-4-5-1-6(9)3-7(10)2-5/h1-3,10H,4,9H2. The second kappa shape index (κ2) is 2.80. The van der Waals surface area contributed by atoms with Crippen LogP contribution < -0.4 is 5.73 Å². The van der Waals surface area contributed by atoms with Gasteiger partial charge in [-0.3, -0.25) is 0 Å². The third kappa shape index (κ3) is 1.54. The Hall–Kier alpha value is -0.890. The molecule has 0 atom stereocenters. The van der Waals surface area contributed by atoms with Crippen molar-refractivity contribution in [3.8, 4) is 5.75 Å². The topological polar surface area (TPSA) is 46.2 Å². The molecule has 1 rings (SSSR count). The monoisotopic (exact) mass is 157 g/mol. The first kappa shape index (κ1) is 7.22. The Labute approximate surface area is 64.2 Å². The summed E-state index contributed by atoms with van der Waals surface area (Å²) in [6.07, 6.45) is 0. The number of hydrogen-bond acceptors (Lipinski definition) is 2. The summed E-state index contributed by atoms with van der Waals surface area (Å²) in [5.41, 5.74) is 6.79. The summed E-state index contributed by atoms with van der Waals surface area (Å²) in [6.45, 7) is 0. The second-order valence-corrected chi connectivity index (χ2v) is 2.33. The summed E-state index contributed by atoms with van der Waals surface area (Å²) >= 11 is 5.50. The number of aromatic hydroxyl groups is 1. The molecule has 0 amide bonds. The van der Waals surface area contributed by atoms with E-state index in [1.807, 2.05) is 0 Å². The highest BCUT2D eigenvalue weighted by molar-refractivity contribution is 6.17. The van der Waals surface area contributed by atoms with E-state index in [1.54, 1.807) is 12.1 Å². The molecule has 1 aromatic carbocycles. The van der Waals surface area contributed by atoms with E-state index >= 15 is 0 Å². The molecule has 0 saturated carbocycles. The predicted octanol–water partition coefficient (Wildman–Crippen LogP) is 1.71. The fraction of sp³-hybridized carbons (Fsp3) is 0.143. The van der Waals surface area contributed by atoms with E-state index < -0.39 is 0 Å². The minimum Gasteiger partial charge on any atom is -0.508 e. The summed E-state index contributed by atoms with van der Waals surface area (Å²) in [7, 11) is 0. The molecule has 54 valence electrons. The van der Waals surface area contributed by atoms with Gasteiger partial charge >= 0.3 is 0 Å². The summed E-state index contributed by atoms with van der Waals surface area (Å²) in [5, 5.41) is 8.99. The largest absolute Gasteiger partial charge is 0.508 e. The van der Waals surface area contributed by atoms with E-state index in [4.69, 9.17) is 22.4 Å². The van der Waals surface area contributed by atoms with Gasteiger partial charge in [-0.05, 0) is 17.7 Å². The summed E-state index contributed by atoms with van der Waals surface area (Å²) in [6, 6.07) is 4.80. The number of hydrogen-bond donors (Lipinski definition) is 2. The van der Waals surface area contributed by atoms with Crippen molar-refractivity contribution in [2.24, 2.45) is 0 Å². The predicted molar refractivity (Wildman–Crippen MR) is 42.1 cm³/mol. The van der Waals surface area contributed by atoms with Gasteiger partial charge in [0.1, 0.15) is 5.75 Å². The molecule has 3 heteroatoms. The number of nitrogens with two attached hydrogens (primary N) is 1. The number of phenols is 1. The van der Waals surface area contributed by atoms with E-state index in [0.29, 0.717) is 11.6 Å². The van der Waals surface area contributed by atoms with Crippen molar-refractivity contribution in [2.45, 2.75) is 5.88 Å². The maximum atomic E-state index is 8.99. The smallest absolute Gasteiger partial charge is 0.117 e. The van der Waals surface area contributed by atoms with E-state index in [2.05, 4.69) is 0 Å². The third-order valence-electron chi connectivity index (χ3n) is 1.15. The van der Waals surface area contributed by atoms with E-state index in [-0.39, 0.29) is 5.75 Å². The number of alkyl halides is 1. The summed E-state index contributed by atoms with van der Waals surface area (Å²) in [5.74, 6) is 0.536. The van der Waals surface area contributed by atoms with Crippen molar-refractivity contribution in [1.82, 2.24) is 0 Å². The Kier molecular flexibility index (Phi) is 2.02. The Morgan fingerprint density at radius 3 is 2.60 bits per heavy atom. The number of nitrogen functional groups attached to an aromatic ring is 1. The molecule has 0 radical (unpaired) electrons. The van der Waals surface area contributed by atoms with Crippen LogP contribution in [0.25, 0.3) is 0 Å². The van der Waals surface area contributed by atoms with Crippen LogP contribution in [0.1, 0.15) is 5.56 Å². The molecule has 3 N–H and O–H groups in total. The van der Waals surface area contributed by atoms with Gasteiger partial charge in [0.05, 0.1) is 0 Å². The lowest BCUT2D eigenvalue weighted by Gasteiger charge is -1.98. The molecular formula is C7H8ClNO. The molecule has 0 bridgehead atoms. The van der Waals surface area contributed by atoms with Gasteiger partial charge in [-0.2, -0.15) is 0 Å². The zero-order valence-electron chi connectivity index (χ0n) is 5.34. The molecule has 0 aliphatic heterocycles. The van der Waals surface area contributed by atoms with Gasteiger partial charge in [-0.25, -0.2) is 0 Å². The molecule has 0 heterocycles. The molecule has 2 nitrogen and oxygen atoms in total. The first-order chi connectivity index (χ1) is 4.72. The van der Waals surface area contributed by atoms with E-state index in [0.717, 1.165) is 5.56 Å². The van der Waals surface area contributed by atoms with Crippen molar-refractivity contribution in [3.63, 3.8) is 0 Å². The molecular weight excluding hydrogens is 150 g/mol. The van der Waals surface area contributed by atoms with Gasteiger partial charge in [0, 0.05) is 17.6 Å². The highest BCUT2D eigenvalue weighted by Crippen LogP contribution is 2.17. The Balaban J connectivity index is 3.06. The van der Waals surface area contributed by atoms with Crippen molar-refractivity contribution >= 4 is 17.3 Å². The highest BCUT2D eigenvalue weighted by atomic mass is 35.5. The van der Waals surface area contributed by atoms with Crippen LogP contribution in [0, 0.1) is 0 Å². The fourth-order valence-electron chi connectivity index (χ4n) is 0.777. The highest BCUT2D eigenvalue weighted by Gasteiger charge is 1.94. The molecule has 0 fully saturated rings. The summed E-state index contributed by atoms with van der Waals surface area (Å²) < 4.78 is 0. The Bertz CT molecular complexity index is 217. The van der Waals surface area contributed by atoms with Crippen LogP contribution in [0.3, 0.4) is 0 Å². The van der Waals surface area contributed by atoms with Crippen LogP contribution in [0.5, 0.6) is 5.75 Å². The van der Waals surface area contributed by atoms with Crippen molar-refractivity contribution in [2.75, 3.05) is 5.73 Å². The van der Waals surface area contributed by atoms with Gasteiger partial charge in [0.25, 0.3) is 0 Å². The molecule has 0 unspecified atom stereocenters. The lowest BCUT2D eigenvalue weighted by Crippen LogP contribution is -1.86. The molecule has 10 heavy (non-hydrogen) atoms. The molecule has 0 saturated heterocycles. The second-order valence-electron chi connectivity index (χ2n) is 2.07. The number of rotatable bonds is 1. The van der Waals surface area contributed by atoms with Crippen molar-refractivity contribution < 1.29 is 5.11 Å². The first-order valence-electron chi connectivity index (χ1n) is 2.87. The van der Waals surface area contributed by atoms with E-state index in [1.165, 1.54) is 6.07 Å². The Morgan fingerprint density at radius 2 is 2.10 bits per heavy atom. The van der Waals surface area contributed by atoms with Gasteiger partial charge in [-0.1, -0.05) is 0 Å². The Morgan fingerprint density at radius 1 is 1.40 bits per heavy atom. The average Bonchev–Trinajstić information content (AvgIpc) is 1.85. The number of anilines is 1. The number of phenolic OH excluding ortho intramolecular Hbond substituents is 1. The van der Waals surface area contributed by atoms with Crippen LogP contribution in [0.15, 0.2) is 18.2 Å². The number of benzene rings is 1. The normalized spacial score (nSPS) is 9.70. The fourth-order valence-corrected chi connectivity index (χ4v) is 0.931. The SMILES string of the molecule is Nc1cc(O)cc(CCl)c1. The first-order valence-corrected chi connectivity index (χ1v) is 3.40. The zero-order valence-corrected chi connectivity index (χ0v) is 6.10. The lowest BCUT2D eigenvalue weighted by atomic mass is 10.2. The average molecular weight is 158 g/mol. The quantitative estimate of drug-likeness (QED) is 0.482. The van der Waals surface area contributed by atoms with Crippen LogP contribution in [-0.2, 0) is 5.88 Å². The maximum absolute atomic E-state index is 8.99. The van der Waals surface area contributed by atoms with Gasteiger partial charge in [0.2, 0.25) is 0 Å². The molecule has 1 aromatic rings. The van der Waals surface area contributed by atoms with Crippen LogP contribution in [0.2, 0.25) is 0 Å². The minimum atomic E-state index is 0.163.